The molecular formula is C22H19ClN2O. The third-order valence-electron chi connectivity index (χ3n) is 4.81. The van der Waals surface area contributed by atoms with Gasteiger partial charge in [-0.3, -0.25) is 9.78 Å². The Bertz CT molecular complexity index is 909. The Morgan fingerprint density at radius 1 is 1.00 bits per heavy atom. The summed E-state index contributed by atoms with van der Waals surface area (Å²) in [6.07, 6.45) is 5.31. The van der Waals surface area contributed by atoms with Gasteiger partial charge in [0.05, 0.1) is 0 Å². The monoisotopic (exact) mass is 362 g/mol. The van der Waals surface area contributed by atoms with Crippen molar-refractivity contribution in [3.05, 3.63) is 94.8 Å². The molecule has 3 aromatic rings. The molecule has 4 rings (SSSR count). The molecule has 26 heavy (non-hydrogen) atoms. The van der Waals surface area contributed by atoms with Gasteiger partial charge in [0.1, 0.15) is 0 Å². The minimum absolute atomic E-state index is 0.00592. The van der Waals surface area contributed by atoms with Gasteiger partial charge in [0.15, 0.2) is 0 Å². The Balaban J connectivity index is 1.36. The van der Waals surface area contributed by atoms with Gasteiger partial charge in [0, 0.05) is 29.0 Å². The summed E-state index contributed by atoms with van der Waals surface area (Å²) in [5.41, 5.74) is 4.33. The number of nitrogens with zero attached hydrogens (tertiary/aromatic N) is 1. The van der Waals surface area contributed by atoms with E-state index in [1.54, 1.807) is 12.4 Å². The highest BCUT2D eigenvalue weighted by atomic mass is 35.5. The topological polar surface area (TPSA) is 42.0 Å². The fourth-order valence-electron chi connectivity index (χ4n) is 3.28. The molecule has 1 N–H and O–H groups in total. The van der Waals surface area contributed by atoms with Crippen molar-refractivity contribution >= 4 is 23.2 Å². The maximum absolute atomic E-state index is 12.5. The van der Waals surface area contributed by atoms with Crippen LogP contribution in [0.4, 0.5) is 5.69 Å². The lowest BCUT2D eigenvalue weighted by atomic mass is 10.1. The van der Waals surface area contributed by atoms with Gasteiger partial charge in [-0.2, -0.15) is 0 Å². The predicted octanol–water partition coefficient (Wildman–Crippen LogP) is 5.07. The number of halogens is 1. The zero-order valence-electron chi connectivity index (χ0n) is 14.2. The van der Waals surface area contributed by atoms with Gasteiger partial charge >= 0.3 is 0 Å². The van der Waals surface area contributed by atoms with Crippen molar-refractivity contribution in [2.24, 2.45) is 5.92 Å². The first-order valence-electron chi connectivity index (χ1n) is 8.74. The van der Waals surface area contributed by atoms with E-state index in [9.17, 15) is 4.79 Å². The van der Waals surface area contributed by atoms with Crippen LogP contribution in [0.5, 0.6) is 0 Å². The molecule has 3 nitrogen and oxygen atoms in total. The lowest BCUT2D eigenvalue weighted by molar-refractivity contribution is -0.117. The molecule has 1 aliphatic carbocycles. The van der Waals surface area contributed by atoms with E-state index in [0.29, 0.717) is 0 Å². The van der Waals surface area contributed by atoms with Crippen LogP contribution in [-0.2, 0) is 11.2 Å². The standard InChI is InChI=1S/C22H19ClN2O/c23-21-4-2-1-3-18(21)19-14-20(19)22(26)25-17-7-5-15(6-8-17)13-16-9-11-24-12-10-16/h1-12,19-20H,13-14H2,(H,25,26). The van der Waals surface area contributed by atoms with Gasteiger partial charge in [-0.25, -0.2) is 0 Å². The van der Waals surface area contributed by atoms with Crippen molar-refractivity contribution in [1.29, 1.82) is 0 Å². The molecule has 0 saturated heterocycles. The van der Waals surface area contributed by atoms with Crippen molar-refractivity contribution in [3.8, 4) is 0 Å². The van der Waals surface area contributed by atoms with E-state index < -0.39 is 0 Å². The fraction of sp³-hybridized carbons (Fsp3) is 0.182. The maximum Gasteiger partial charge on any atom is 0.228 e. The van der Waals surface area contributed by atoms with E-state index in [4.69, 9.17) is 11.6 Å². The second kappa shape index (κ2) is 7.30. The van der Waals surface area contributed by atoms with Crippen molar-refractivity contribution in [1.82, 2.24) is 4.98 Å². The molecule has 2 unspecified atom stereocenters. The highest BCUT2D eigenvalue weighted by Crippen LogP contribution is 2.49. The van der Waals surface area contributed by atoms with Crippen LogP contribution in [0.3, 0.4) is 0 Å². The summed E-state index contributed by atoms with van der Waals surface area (Å²) in [5.74, 6) is 0.304. The van der Waals surface area contributed by atoms with Gasteiger partial charge in [-0.15, -0.1) is 0 Å². The lowest BCUT2D eigenvalue weighted by Crippen LogP contribution is -2.14. The summed E-state index contributed by atoms with van der Waals surface area (Å²) in [6, 6.07) is 19.8. The third-order valence-corrected chi connectivity index (χ3v) is 5.16. The molecule has 0 radical (unpaired) electrons. The van der Waals surface area contributed by atoms with E-state index in [-0.39, 0.29) is 17.7 Å². The highest BCUT2D eigenvalue weighted by molar-refractivity contribution is 6.31. The molecule has 1 heterocycles. The number of carbonyl (C=O) groups excluding carboxylic acids is 1. The highest BCUT2D eigenvalue weighted by Gasteiger charge is 2.44. The Labute approximate surface area is 158 Å². The number of pyridine rings is 1. The fourth-order valence-corrected chi connectivity index (χ4v) is 3.56. The van der Waals surface area contributed by atoms with E-state index in [1.165, 1.54) is 11.1 Å². The molecule has 0 aliphatic heterocycles. The van der Waals surface area contributed by atoms with Crippen LogP contribution in [0.25, 0.3) is 0 Å². The Hall–Kier alpha value is -2.65. The van der Waals surface area contributed by atoms with E-state index in [0.717, 1.165) is 29.1 Å². The van der Waals surface area contributed by atoms with Gasteiger partial charge < -0.3 is 5.32 Å². The Morgan fingerprint density at radius 2 is 1.69 bits per heavy atom. The molecule has 1 aliphatic rings. The minimum Gasteiger partial charge on any atom is -0.326 e. The minimum atomic E-state index is 0.00592. The van der Waals surface area contributed by atoms with E-state index >= 15 is 0 Å². The second-order valence-corrected chi connectivity index (χ2v) is 7.10. The molecule has 1 fully saturated rings. The number of hydrogen-bond donors (Lipinski definition) is 1. The molecule has 1 amide bonds. The number of benzene rings is 2. The number of carbonyl (C=O) groups is 1. The zero-order valence-corrected chi connectivity index (χ0v) is 15.0. The van der Waals surface area contributed by atoms with Crippen LogP contribution in [0.15, 0.2) is 73.1 Å². The molecule has 2 atom stereocenters. The molecule has 130 valence electrons. The van der Waals surface area contributed by atoms with Crippen LogP contribution in [0, 0.1) is 5.92 Å². The molecule has 4 heteroatoms. The average molecular weight is 363 g/mol. The normalized spacial score (nSPS) is 18.3. The van der Waals surface area contributed by atoms with Crippen LogP contribution >= 0.6 is 11.6 Å². The molecule has 1 aromatic heterocycles. The molecule has 0 bridgehead atoms. The number of amides is 1. The molecule has 0 spiro atoms. The Kier molecular flexibility index (Phi) is 4.72. The summed E-state index contributed by atoms with van der Waals surface area (Å²) in [7, 11) is 0. The summed E-state index contributed by atoms with van der Waals surface area (Å²) in [5, 5.41) is 3.77. The SMILES string of the molecule is O=C(Nc1ccc(Cc2ccncc2)cc1)C1CC1c1ccccc1Cl. The van der Waals surface area contributed by atoms with Gasteiger partial charge in [-0.05, 0) is 65.8 Å². The van der Waals surface area contributed by atoms with Crippen molar-refractivity contribution < 1.29 is 4.79 Å². The van der Waals surface area contributed by atoms with Gasteiger partial charge in [0.25, 0.3) is 0 Å². The first-order valence-corrected chi connectivity index (χ1v) is 9.11. The smallest absolute Gasteiger partial charge is 0.228 e. The predicted molar refractivity (Wildman–Crippen MR) is 104 cm³/mol. The van der Waals surface area contributed by atoms with Crippen molar-refractivity contribution in [3.63, 3.8) is 0 Å². The van der Waals surface area contributed by atoms with Crippen LogP contribution in [-0.4, -0.2) is 10.9 Å². The lowest BCUT2D eigenvalue weighted by Gasteiger charge is -2.07. The van der Waals surface area contributed by atoms with Crippen molar-refractivity contribution in [2.45, 2.75) is 18.8 Å². The Morgan fingerprint density at radius 3 is 2.42 bits per heavy atom. The summed E-state index contributed by atoms with van der Waals surface area (Å²) in [6.45, 7) is 0. The molecular weight excluding hydrogens is 344 g/mol. The number of rotatable bonds is 5. The van der Waals surface area contributed by atoms with Crippen LogP contribution < -0.4 is 5.32 Å². The van der Waals surface area contributed by atoms with Crippen LogP contribution in [0.1, 0.15) is 29.0 Å². The quantitative estimate of drug-likeness (QED) is 0.688. The number of aromatic nitrogens is 1. The summed E-state index contributed by atoms with van der Waals surface area (Å²) >= 11 is 6.24. The van der Waals surface area contributed by atoms with E-state index in [2.05, 4.69) is 22.4 Å². The first kappa shape index (κ1) is 16.8. The summed E-state index contributed by atoms with van der Waals surface area (Å²) in [4.78, 5) is 16.5. The van der Waals surface area contributed by atoms with E-state index in [1.807, 2.05) is 48.5 Å². The van der Waals surface area contributed by atoms with Gasteiger partial charge in [-0.1, -0.05) is 41.9 Å². The van der Waals surface area contributed by atoms with Crippen molar-refractivity contribution in [2.75, 3.05) is 5.32 Å². The summed E-state index contributed by atoms with van der Waals surface area (Å²) < 4.78 is 0. The van der Waals surface area contributed by atoms with Gasteiger partial charge in [0.2, 0.25) is 5.91 Å². The maximum atomic E-state index is 12.5. The number of hydrogen-bond acceptors (Lipinski definition) is 2. The molecule has 1 saturated carbocycles. The van der Waals surface area contributed by atoms with Crippen LogP contribution in [0.2, 0.25) is 5.02 Å². The number of nitrogens with one attached hydrogen (secondary N) is 1. The molecule has 2 aromatic carbocycles. The average Bonchev–Trinajstić information content (AvgIpc) is 3.45. The third kappa shape index (κ3) is 3.78. The first-order chi connectivity index (χ1) is 12.7. The zero-order chi connectivity index (χ0) is 17.9. The largest absolute Gasteiger partial charge is 0.326 e. The number of anilines is 1. The second-order valence-electron chi connectivity index (χ2n) is 6.69.